The summed E-state index contributed by atoms with van der Waals surface area (Å²) in [5.74, 6) is -1.88. The van der Waals surface area contributed by atoms with Gasteiger partial charge in [-0.05, 0) is 103 Å². The fourth-order valence-corrected chi connectivity index (χ4v) is 16.7. The highest BCUT2D eigenvalue weighted by molar-refractivity contribution is 7.48. The predicted octanol–water partition coefficient (Wildman–Crippen LogP) is 1.02. The number of aliphatic hydroxyl groups is 9. The van der Waals surface area contributed by atoms with Gasteiger partial charge >= 0.3 is 23.5 Å². The van der Waals surface area contributed by atoms with Crippen LogP contribution in [0.25, 0.3) is 0 Å². The summed E-state index contributed by atoms with van der Waals surface area (Å²) in [5, 5.41) is 92.5. The van der Waals surface area contributed by atoms with Gasteiger partial charge in [-0.2, -0.15) is 0 Å². The van der Waals surface area contributed by atoms with E-state index in [9.17, 15) is 93.5 Å². The Hall–Kier alpha value is -2.51. The summed E-state index contributed by atoms with van der Waals surface area (Å²) in [5.41, 5.74) is -0.777. The minimum Gasteiger partial charge on any atom is -0.394 e. The van der Waals surface area contributed by atoms with E-state index < -0.39 is 165 Å². The highest BCUT2D eigenvalue weighted by Gasteiger charge is 2.47. The molecule has 4 amide bonds. The number of aliphatic hydroxyl groups excluding tert-OH is 9. The zero-order valence-corrected chi connectivity index (χ0v) is 66.1. The van der Waals surface area contributed by atoms with Gasteiger partial charge in [-0.1, -0.05) is 27.2 Å². The maximum absolute atomic E-state index is 13.1. The second kappa shape index (κ2) is 48.9. The fourth-order valence-electron chi connectivity index (χ4n) is 13.7. The van der Waals surface area contributed by atoms with Crippen LogP contribution in [0.5, 0.6) is 0 Å². The predicted molar refractivity (Wildman–Crippen MR) is 382 cm³/mol. The van der Waals surface area contributed by atoms with E-state index in [1.165, 1.54) is 6.92 Å². The van der Waals surface area contributed by atoms with Crippen LogP contribution in [0.2, 0.25) is 0 Å². The molecule has 18 atom stereocenters. The lowest BCUT2D eigenvalue weighted by atomic mass is 9.86. The van der Waals surface area contributed by atoms with Crippen molar-refractivity contribution in [3.05, 3.63) is 0 Å². The first kappa shape index (κ1) is 95.3. The maximum Gasteiger partial charge on any atom is 0.472 e. The van der Waals surface area contributed by atoms with Crippen molar-refractivity contribution < 1.29 is 163 Å². The number of phosphoric ester groups is 3. The number of rotatable bonds is 51. The van der Waals surface area contributed by atoms with Crippen LogP contribution >= 0.6 is 23.5 Å². The van der Waals surface area contributed by atoms with Crippen LogP contribution in [0.1, 0.15) is 156 Å². The van der Waals surface area contributed by atoms with Crippen LogP contribution in [0.3, 0.4) is 0 Å². The molecule has 0 aromatic heterocycles. The maximum atomic E-state index is 13.1. The SMILES string of the molecule is CCCC(COCCCOP(=O)(O)OC1CCN(C(=O)CCCCO[C@@H]2OC(CO)[C@H](O)[C@H](O)C2C)CC1)(COCCCOP(=O)(O)OC1CCN(C(=O)CCCCO[C@@H]2OC(CO)[C@H](O)[C@H](O)C2C)CC1)COCCCOP(=O)(O)OC1CCN(C(=O)CCCCO[C@@H]2OC(CO)[C@H](O)[C@H](O)C2NC(C)=O)CC1. The number of hydrogen-bond donors (Lipinski definition) is 13. The molecule has 0 saturated carbocycles. The monoisotopic (exact) mass is 1630 g/mol. The number of piperidine rings is 3. The molecule has 38 nitrogen and oxygen atoms in total. The van der Waals surface area contributed by atoms with E-state index in [2.05, 4.69) is 5.32 Å². The number of carbonyl (C=O) groups is 4. The molecule has 6 saturated heterocycles. The van der Waals surface area contributed by atoms with Gasteiger partial charge in [-0.15, -0.1) is 0 Å². The third-order valence-electron chi connectivity index (χ3n) is 20.1. The Morgan fingerprint density at radius 1 is 0.431 bits per heavy atom. The molecule has 0 bridgehead atoms. The van der Waals surface area contributed by atoms with Crippen molar-refractivity contribution in [2.24, 2.45) is 17.3 Å². The molecule has 6 aliphatic heterocycles. The normalized spacial score (nSPS) is 30.0. The van der Waals surface area contributed by atoms with Crippen molar-refractivity contribution in [3.63, 3.8) is 0 Å². The van der Waals surface area contributed by atoms with E-state index in [0.29, 0.717) is 103 Å². The number of carbonyl (C=O) groups excluding carboxylic acids is 4. The lowest BCUT2D eigenvalue weighted by Gasteiger charge is -2.42. The minimum absolute atomic E-state index is 0.0783. The Bertz CT molecular complexity index is 2660. The number of unbranched alkanes of at least 4 members (excludes halogenated alkanes) is 3. The van der Waals surface area contributed by atoms with Crippen molar-refractivity contribution in [1.29, 1.82) is 0 Å². The molecule has 41 heteroatoms. The van der Waals surface area contributed by atoms with Crippen molar-refractivity contribution in [1.82, 2.24) is 20.0 Å². The first-order valence-electron chi connectivity index (χ1n) is 38.5. The summed E-state index contributed by atoms with van der Waals surface area (Å²) in [4.78, 5) is 87.8. The zero-order chi connectivity index (χ0) is 79.7. The quantitative estimate of drug-likeness (QED) is 0.0299. The largest absolute Gasteiger partial charge is 0.472 e. The summed E-state index contributed by atoms with van der Waals surface area (Å²) in [6.45, 7) is 7.20. The Balaban J connectivity index is 0.883. The average Bonchev–Trinajstić information content (AvgIpc) is 0.817. The number of phosphoric acid groups is 3. The Labute approximate surface area is 638 Å². The van der Waals surface area contributed by atoms with Crippen LogP contribution < -0.4 is 5.32 Å². The average molecular weight is 1640 g/mol. The molecule has 0 aromatic carbocycles. The fraction of sp³-hybridized carbons (Fsp3) is 0.941. The number of nitrogens with one attached hydrogen (secondary N) is 1. The van der Waals surface area contributed by atoms with Crippen molar-refractivity contribution in [2.75, 3.05) is 138 Å². The summed E-state index contributed by atoms with van der Waals surface area (Å²) in [6, 6.07) is -1.09. The molecule has 0 radical (unpaired) electrons. The first-order valence-corrected chi connectivity index (χ1v) is 43.0. The topological polar surface area (TPSA) is 522 Å². The highest BCUT2D eigenvalue weighted by atomic mass is 31.2. The van der Waals surface area contributed by atoms with E-state index in [0.717, 1.165) is 0 Å². The van der Waals surface area contributed by atoms with Crippen LogP contribution in [0.4, 0.5) is 0 Å². The molecular formula is C68H125N4O34P3. The van der Waals surface area contributed by atoms with E-state index in [-0.39, 0.29) is 161 Å². The van der Waals surface area contributed by atoms with Gasteiger partial charge < -0.3 is 123 Å². The van der Waals surface area contributed by atoms with Gasteiger partial charge in [0, 0.05) is 122 Å². The Kier molecular flexibility index (Phi) is 42.8. The van der Waals surface area contributed by atoms with Gasteiger partial charge in [0.1, 0.15) is 48.8 Å². The number of hydrogen-bond acceptors (Lipinski definition) is 31. The molecule has 109 heavy (non-hydrogen) atoms. The number of amides is 4. The summed E-state index contributed by atoms with van der Waals surface area (Å²) >= 11 is 0. The van der Waals surface area contributed by atoms with Crippen LogP contribution in [-0.2, 0) is 103 Å². The van der Waals surface area contributed by atoms with Gasteiger partial charge in [0.15, 0.2) is 18.9 Å². The standard InChI is InChI=1S/C68H125N4O34P3/c1-5-24-68(43-92-31-12-37-98-107(86,87)104-49-18-25-70(26-19-49)55(77)15-6-9-34-95-65-46(2)59(80)61(82)52(40-73)101-65,44-93-32-13-38-99-108(88,89)105-50-20-27-71(28-21-50)56(78)16-7-10-35-96-66-47(3)60(81)62(83)53(41-74)102-66)45-94-33-14-39-100-109(90,91)106-51-22-29-72(30-23-51)57(79)17-8-11-36-97-67-58(69-48(4)76)64(85)63(84)54(42-75)103-67/h46-47,49-54,58-67,73-75,80-85H,5-45H2,1-4H3,(H,69,76)(H,86,87)(H,88,89)(H,90,91)/t46?,47?,52?,53?,54?,58?,59-,60-,61+,62+,63+,64-,65-,66-,67-,68?/m1/s1. The van der Waals surface area contributed by atoms with Gasteiger partial charge in [0.05, 0.1) is 90.0 Å². The molecular weight excluding hydrogens is 1510 g/mol. The smallest absolute Gasteiger partial charge is 0.394 e. The van der Waals surface area contributed by atoms with Gasteiger partial charge in [-0.25, -0.2) is 13.7 Å². The van der Waals surface area contributed by atoms with Crippen LogP contribution in [0, 0.1) is 17.3 Å². The number of ether oxygens (including phenoxy) is 9. The lowest BCUT2D eigenvalue weighted by molar-refractivity contribution is -0.282. The van der Waals surface area contributed by atoms with Gasteiger partial charge in [-0.3, -0.25) is 46.3 Å². The van der Waals surface area contributed by atoms with E-state index in [4.69, 9.17) is 69.8 Å². The summed E-state index contributed by atoms with van der Waals surface area (Å²) in [7, 11) is -13.6. The molecule has 6 rings (SSSR count). The van der Waals surface area contributed by atoms with Gasteiger partial charge in [0.2, 0.25) is 23.6 Å². The van der Waals surface area contributed by atoms with Crippen molar-refractivity contribution >= 4 is 47.1 Å². The second-order valence-corrected chi connectivity index (χ2v) is 33.2. The molecule has 636 valence electrons. The molecule has 6 aliphatic rings. The highest BCUT2D eigenvalue weighted by Crippen LogP contribution is 2.48. The van der Waals surface area contributed by atoms with E-state index in [1.807, 2.05) is 6.92 Å². The third kappa shape index (κ3) is 32.8. The third-order valence-corrected chi connectivity index (χ3v) is 23.3. The number of likely N-dealkylation sites (tertiary alicyclic amines) is 3. The van der Waals surface area contributed by atoms with E-state index >= 15 is 0 Å². The number of nitrogens with zero attached hydrogens (tertiary/aromatic N) is 3. The van der Waals surface area contributed by atoms with Gasteiger partial charge in [0.25, 0.3) is 0 Å². The molecule has 0 aromatic rings. The van der Waals surface area contributed by atoms with Crippen molar-refractivity contribution in [3.8, 4) is 0 Å². The molecule has 13 N–H and O–H groups in total. The first-order chi connectivity index (χ1) is 51.9. The zero-order valence-electron chi connectivity index (χ0n) is 63.4. The minimum atomic E-state index is -4.54. The molecule has 0 aliphatic carbocycles. The lowest BCUT2D eigenvalue weighted by Crippen LogP contribution is -2.64. The van der Waals surface area contributed by atoms with Crippen LogP contribution in [-0.4, -0.2) is 335 Å². The van der Waals surface area contributed by atoms with Crippen LogP contribution in [0.15, 0.2) is 0 Å². The summed E-state index contributed by atoms with van der Waals surface area (Å²) < 4.78 is 124. The molecule has 6 heterocycles. The Morgan fingerprint density at radius 2 is 0.734 bits per heavy atom. The molecule has 0 spiro atoms. The molecule has 6 fully saturated rings. The van der Waals surface area contributed by atoms with E-state index in [1.54, 1.807) is 28.5 Å². The summed E-state index contributed by atoms with van der Waals surface area (Å²) in [6.07, 6.45) is -8.47. The Morgan fingerprint density at radius 3 is 1.04 bits per heavy atom. The van der Waals surface area contributed by atoms with Crippen molar-refractivity contribution in [2.45, 2.75) is 254 Å². The second-order valence-electron chi connectivity index (χ2n) is 29.0. The molecule has 9 unspecified atom stereocenters.